The number of rotatable bonds is 3. The van der Waals surface area contributed by atoms with Gasteiger partial charge in [-0.1, -0.05) is 20.8 Å². The van der Waals surface area contributed by atoms with Gasteiger partial charge in [0.05, 0.1) is 5.56 Å². The molecule has 1 aromatic rings. The van der Waals surface area contributed by atoms with Gasteiger partial charge >= 0.3 is 6.18 Å². The monoisotopic (exact) mass is 328 g/mol. The van der Waals surface area contributed by atoms with Crippen LogP contribution in [0.25, 0.3) is 0 Å². The summed E-state index contributed by atoms with van der Waals surface area (Å²) in [7, 11) is 0. The molecule has 1 fully saturated rings. The van der Waals surface area contributed by atoms with Crippen LogP contribution in [0, 0.1) is 11.8 Å². The smallest absolute Gasteiger partial charge is 0.371 e. The summed E-state index contributed by atoms with van der Waals surface area (Å²) in [6, 6.07) is 4.05. The van der Waals surface area contributed by atoms with Crippen LogP contribution in [0.3, 0.4) is 0 Å². The number of anilines is 2. The molecule has 3 nitrogen and oxygen atoms in total. The Morgan fingerprint density at radius 3 is 2.61 bits per heavy atom. The minimum absolute atomic E-state index is 0.185. The van der Waals surface area contributed by atoms with Gasteiger partial charge in [0.1, 0.15) is 0 Å². The molecule has 0 saturated carbocycles. The van der Waals surface area contributed by atoms with Gasteiger partial charge in [0.25, 0.3) is 0 Å². The Balaban J connectivity index is 2.33. The summed E-state index contributed by atoms with van der Waals surface area (Å²) in [5.41, 5.74) is -0.301. The minimum atomic E-state index is -4.45. The SMILES string of the molecule is CC1CCCN(c2ccc(NC(=O)C(C)C)cc2C(F)(F)F)C1. The zero-order valence-electron chi connectivity index (χ0n) is 13.7. The molecule has 6 heteroatoms. The fourth-order valence-corrected chi connectivity index (χ4v) is 2.81. The molecule has 1 saturated heterocycles. The summed E-state index contributed by atoms with van der Waals surface area (Å²) < 4.78 is 40.3. The second kappa shape index (κ2) is 6.81. The van der Waals surface area contributed by atoms with Gasteiger partial charge in [0, 0.05) is 30.4 Å². The third-order valence-electron chi connectivity index (χ3n) is 4.09. The molecular weight excluding hydrogens is 305 g/mol. The van der Waals surface area contributed by atoms with Crippen LogP contribution in [0.1, 0.15) is 39.2 Å². The van der Waals surface area contributed by atoms with Crippen LogP contribution in [0.15, 0.2) is 18.2 Å². The molecule has 1 aromatic carbocycles. The normalized spacial score (nSPS) is 19.1. The first-order valence-corrected chi connectivity index (χ1v) is 7.95. The lowest BCUT2D eigenvalue weighted by molar-refractivity contribution is -0.137. The van der Waals surface area contributed by atoms with Crippen molar-refractivity contribution in [1.29, 1.82) is 0 Å². The highest BCUT2D eigenvalue weighted by Crippen LogP contribution is 2.39. The summed E-state index contributed by atoms with van der Waals surface area (Å²) >= 11 is 0. The van der Waals surface area contributed by atoms with E-state index in [1.807, 2.05) is 0 Å². The predicted octanol–water partition coefficient (Wildman–Crippen LogP) is 4.54. The highest BCUT2D eigenvalue weighted by molar-refractivity contribution is 5.92. The molecule has 1 unspecified atom stereocenters. The highest BCUT2D eigenvalue weighted by Gasteiger charge is 2.36. The molecule has 1 aliphatic heterocycles. The first-order valence-electron chi connectivity index (χ1n) is 7.95. The zero-order valence-corrected chi connectivity index (χ0v) is 13.7. The van der Waals surface area contributed by atoms with Gasteiger partial charge < -0.3 is 10.2 Å². The van der Waals surface area contributed by atoms with Crippen LogP contribution in [0.2, 0.25) is 0 Å². The number of piperidine rings is 1. The van der Waals surface area contributed by atoms with E-state index in [9.17, 15) is 18.0 Å². The maximum Gasteiger partial charge on any atom is 0.418 e. The molecule has 1 amide bonds. The molecule has 1 atom stereocenters. The number of hydrogen-bond acceptors (Lipinski definition) is 2. The van der Waals surface area contributed by atoms with Crippen molar-refractivity contribution in [2.45, 2.75) is 39.8 Å². The number of hydrogen-bond donors (Lipinski definition) is 1. The Morgan fingerprint density at radius 2 is 2.04 bits per heavy atom. The molecule has 1 heterocycles. The molecular formula is C17H23F3N2O. The second-order valence-electron chi connectivity index (χ2n) is 6.57. The number of alkyl halides is 3. The van der Waals surface area contributed by atoms with Crippen LogP contribution in [0.4, 0.5) is 24.5 Å². The number of halogens is 3. The van der Waals surface area contributed by atoms with E-state index < -0.39 is 11.7 Å². The molecule has 23 heavy (non-hydrogen) atoms. The van der Waals surface area contributed by atoms with Crippen molar-refractivity contribution >= 4 is 17.3 Å². The highest BCUT2D eigenvalue weighted by atomic mass is 19.4. The van der Waals surface area contributed by atoms with E-state index >= 15 is 0 Å². The number of nitrogens with zero attached hydrogens (tertiary/aromatic N) is 1. The number of carbonyl (C=O) groups excluding carboxylic acids is 1. The van der Waals surface area contributed by atoms with Gasteiger partial charge in [-0.3, -0.25) is 4.79 Å². The Morgan fingerprint density at radius 1 is 1.35 bits per heavy atom. The lowest BCUT2D eigenvalue weighted by atomic mass is 9.98. The molecule has 0 radical (unpaired) electrons. The van der Waals surface area contributed by atoms with Gasteiger partial charge in [-0.2, -0.15) is 13.2 Å². The van der Waals surface area contributed by atoms with Crippen LogP contribution in [-0.4, -0.2) is 19.0 Å². The van der Waals surface area contributed by atoms with Crippen molar-refractivity contribution in [2.24, 2.45) is 11.8 Å². The standard InChI is InChI=1S/C17H23F3N2O/c1-11(2)16(23)21-13-6-7-15(14(9-13)17(18,19)20)22-8-4-5-12(3)10-22/h6-7,9,11-12H,4-5,8,10H2,1-3H3,(H,21,23). The van der Waals surface area contributed by atoms with Crippen LogP contribution >= 0.6 is 0 Å². The molecule has 2 rings (SSSR count). The average molecular weight is 328 g/mol. The Bertz CT molecular complexity index is 569. The maximum absolute atomic E-state index is 13.4. The Hall–Kier alpha value is -1.72. The first-order chi connectivity index (χ1) is 10.7. The summed E-state index contributed by atoms with van der Waals surface area (Å²) in [4.78, 5) is 13.5. The Labute approximate surface area is 134 Å². The number of nitrogens with one attached hydrogen (secondary N) is 1. The van der Waals surface area contributed by atoms with Gasteiger partial charge in [-0.05, 0) is 37.0 Å². The molecule has 0 spiro atoms. The van der Waals surface area contributed by atoms with Crippen molar-refractivity contribution in [2.75, 3.05) is 23.3 Å². The summed E-state index contributed by atoms with van der Waals surface area (Å²) in [6.07, 6.45) is -2.51. The number of benzene rings is 1. The van der Waals surface area contributed by atoms with Gasteiger partial charge in [0.2, 0.25) is 5.91 Å². The fraction of sp³-hybridized carbons (Fsp3) is 0.588. The molecule has 128 valence electrons. The van der Waals surface area contributed by atoms with Crippen molar-refractivity contribution in [1.82, 2.24) is 0 Å². The summed E-state index contributed by atoms with van der Waals surface area (Å²) in [5.74, 6) is -0.199. The summed E-state index contributed by atoms with van der Waals surface area (Å²) in [5, 5.41) is 2.54. The first kappa shape index (κ1) is 17.6. The predicted molar refractivity (Wildman–Crippen MR) is 85.5 cm³/mol. The minimum Gasteiger partial charge on any atom is -0.371 e. The van der Waals surface area contributed by atoms with E-state index in [1.165, 1.54) is 6.07 Å². The van der Waals surface area contributed by atoms with E-state index in [-0.39, 0.29) is 23.2 Å². The van der Waals surface area contributed by atoms with Crippen LogP contribution in [0.5, 0.6) is 0 Å². The Kier molecular flexibility index (Phi) is 5.22. The summed E-state index contributed by atoms with van der Waals surface area (Å²) in [6.45, 7) is 6.70. The van der Waals surface area contributed by atoms with Crippen molar-refractivity contribution in [3.63, 3.8) is 0 Å². The van der Waals surface area contributed by atoms with Crippen molar-refractivity contribution in [3.8, 4) is 0 Å². The number of amides is 1. The number of carbonyl (C=O) groups is 1. The lowest BCUT2D eigenvalue weighted by Gasteiger charge is -2.34. The third-order valence-corrected chi connectivity index (χ3v) is 4.09. The average Bonchev–Trinajstić information content (AvgIpc) is 2.46. The topological polar surface area (TPSA) is 32.3 Å². The van der Waals surface area contributed by atoms with Gasteiger partial charge in [-0.25, -0.2) is 0 Å². The van der Waals surface area contributed by atoms with E-state index in [0.717, 1.165) is 18.9 Å². The molecule has 0 bridgehead atoms. The van der Waals surface area contributed by atoms with Crippen LogP contribution in [-0.2, 0) is 11.0 Å². The quantitative estimate of drug-likeness (QED) is 0.884. The van der Waals surface area contributed by atoms with Crippen molar-refractivity contribution < 1.29 is 18.0 Å². The molecule has 1 N–H and O–H groups in total. The van der Waals surface area contributed by atoms with E-state index in [4.69, 9.17) is 0 Å². The van der Waals surface area contributed by atoms with Crippen molar-refractivity contribution in [3.05, 3.63) is 23.8 Å². The molecule has 0 aliphatic carbocycles. The zero-order chi connectivity index (χ0) is 17.2. The molecule has 1 aliphatic rings. The van der Waals surface area contributed by atoms with E-state index in [1.54, 1.807) is 24.8 Å². The third kappa shape index (κ3) is 4.39. The maximum atomic E-state index is 13.4. The fourth-order valence-electron chi connectivity index (χ4n) is 2.81. The van der Waals surface area contributed by atoms with Crippen LogP contribution < -0.4 is 10.2 Å². The van der Waals surface area contributed by atoms with Gasteiger partial charge in [-0.15, -0.1) is 0 Å². The lowest BCUT2D eigenvalue weighted by Crippen LogP contribution is -2.35. The van der Waals surface area contributed by atoms with E-state index in [0.29, 0.717) is 19.0 Å². The molecule has 0 aromatic heterocycles. The van der Waals surface area contributed by atoms with Gasteiger partial charge in [0.15, 0.2) is 0 Å². The largest absolute Gasteiger partial charge is 0.418 e. The second-order valence-corrected chi connectivity index (χ2v) is 6.57. The van der Waals surface area contributed by atoms with E-state index in [2.05, 4.69) is 12.2 Å².